The van der Waals surface area contributed by atoms with E-state index >= 15 is 0 Å². The smallest absolute Gasteiger partial charge is 0.257 e. The molecule has 1 unspecified atom stereocenters. The van der Waals surface area contributed by atoms with Crippen molar-refractivity contribution in [3.63, 3.8) is 0 Å². The number of aryl methyl sites for hydroxylation is 2. The van der Waals surface area contributed by atoms with Crippen molar-refractivity contribution in [1.29, 1.82) is 0 Å². The zero-order valence-electron chi connectivity index (χ0n) is 16.7. The highest BCUT2D eigenvalue weighted by atomic mass is 16.3. The topological polar surface area (TPSA) is 64.9 Å². The number of phenolic OH excluding ortho intramolecular Hbond substituents is 1. The molecule has 1 aliphatic rings. The zero-order valence-corrected chi connectivity index (χ0v) is 16.7. The molecule has 4 rings (SSSR count). The summed E-state index contributed by atoms with van der Waals surface area (Å²) in [6, 6.07) is 19.1. The van der Waals surface area contributed by atoms with Gasteiger partial charge in [0.2, 0.25) is 0 Å². The predicted molar refractivity (Wildman–Crippen MR) is 116 cm³/mol. The highest BCUT2D eigenvalue weighted by molar-refractivity contribution is 6.01. The van der Waals surface area contributed by atoms with Crippen molar-refractivity contribution in [3.8, 4) is 5.75 Å². The Balaban J connectivity index is 1.70. The summed E-state index contributed by atoms with van der Waals surface area (Å²) in [5.41, 5.74) is 5.67. The second-order valence-corrected chi connectivity index (χ2v) is 7.38. The third-order valence-electron chi connectivity index (χ3n) is 5.21. The number of nitrogens with zero attached hydrogens (tertiary/aromatic N) is 2. The summed E-state index contributed by atoms with van der Waals surface area (Å²) in [4.78, 5) is 19.0. The summed E-state index contributed by atoms with van der Waals surface area (Å²) in [6.45, 7) is 3.87. The van der Waals surface area contributed by atoms with Crippen molar-refractivity contribution in [3.05, 3.63) is 88.5 Å². The highest BCUT2D eigenvalue weighted by Crippen LogP contribution is 2.34. The number of phenols is 1. The molecule has 5 heteroatoms. The normalized spacial score (nSPS) is 16.0. The Labute approximate surface area is 170 Å². The second-order valence-electron chi connectivity index (χ2n) is 7.38. The number of fused-ring (bicyclic) bond motifs is 1. The van der Waals surface area contributed by atoms with Gasteiger partial charge in [-0.1, -0.05) is 29.8 Å². The Bertz CT molecular complexity index is 1100. The number of hydrogen-bond acceptors (Lipinski definition) is 4. The number of nitrogens with one attached hydrogen (secondary N) is 1. The van der Waals surface area contributed by atoms with Gasteiger partial charge < -0.3 is 15.3 Å². The highest BCUT2D eigenvalue weighted by Gasteiger charge is 2.30. The van der Waals surface area contributed by atoms with E-state index in [4.69, 9.17) is 0 Å². The standard InChI is InChI=1S/C24H23N3O2/c1-15-8-10-19(11-9-15)25-14-18-13-17(12-16(2)22(18)28)23-26-21-7-5-4-6-20(21)24(29)27(23)3/h4-14,23,26,28H,1-3H3. The first-order chi connectivity index (χ1) is 13.9. The Morgan fingerprint density at radius 3 is 2.55 bits per heavy atom. The maximum absolute atomic E-state index is 12.8. The summed E-state index contributed by atoms with van der Waals surface area (Å²) >= 11 is 0. The first kappa shape index (κ1) is 18.7. The third-order valence-corrected chi connectivity index (χ3v) is 5.21. The average Bonchev–Trinajstić information content (AvgIpc) is 2.73. The van der Waals surface area contributed by atoms with Crippen molar-refractivity contribution in [1.82, 2.24) is 4.90 Å². The number of aliphatic imine (C=N–C) groups is 1. The monoisotopic (exact) mass is 385 g/mol. The van der Waals surface area contributed by atoms with Crippen molar-refractivity contribution < 1.29 is 9.90 Å². The molecule has 2 N–H and O–H groups in total. The van der Waals surface area contributed by atoms with Crippen molar-refractivity contribution in [2.24, 2.45) is 4.99 Å². The minimum Gasteiger partial charge on any atom is -0.507 e. The molecule has 3 aromatic carbocycles. The van der Waals surface area contributed by atoms with Crippen LogP contribution in [0.3, 0.4) is 0 Å². The van der Waals surface area contributed by atoms with Gasteiger partial charge in [-0.15, -0.1) is 0 Å². The fourth-order valence-corrected chi connectivity index (χ4v) is 3.52. The van der Waals surface area contributed by atoms with E-state index in [1.54, 1.807) is 18.2 Å². The summed E-state index contributed by atoms with van der Waals surface area (Å²) in [7, 11) is 1.78. The van der Waals surface area contributed by atoms with Crippen LogP contribution in [-0.4, -0.2) is 29.2 Å². The number of hydrogen-bond donors (Lipinski definition) is 2. The number of rotatable bonds is 3. The maximum Gasteiger partial charge on any atom is 0.257 e. The van der Waals surface area contributed by atoms with Crippen molar-refractivity contribution >= 4 is 23.5 Å². The second kappa shape index (κ2) is 7.43. The molecule has 146 valence electrons. The van der Waals surface area contributed by atoms with Gasteiger partial charge in [-0.25, -0.2) is 0 Å². The van der Waals surface area contributed by atoms with E-state index in [1.165, 1.54) is 5.56 Å². The lowest BCUT2D eigenvalue weighted by atomic mass is 9.99. The van der Waals surface area contributed by atoms with E-state index in [0.717, 1.165) is 22.5 Å². The molecule has 5 nitrogen and oxygen atoms in total. The van der Waals surface area contributed by atoms with Crippen LogP contribution in [0.25, 0.3) is 0 Å². The maximum atomic E-state index is 12.8. The molecule has 3 aromatic rings. The average molecular weight is 385 g/mol. The van der Waals surface area contributed by atoms with Gasteiger partial charge >= 0.3 is 0 Å². The Morgan fingerprint density at radius 2 is 1.79 bits per heavy atom. The summed E-state index contributed by atoms with van der Waals surface area (Å²) < 4.78 is 0. The minimum absolute atomic E-state index is 0.0371. The van der Waals surface area contributed by atoms with Crippen LogP contribution in [0.1, 0.15) is 38.8 Å². The van der Waals surface area contributed by atoms with E-state index < -0.39 is 0 Å². The van der Waals surface area contributed by atoms with Crippen LogP contribution in [0.2, 0.25) is 0 Å². The lowest BCUT2D eigenvalue weighted by Crippen LogP contribution is -2.40. The number of carbonyl (C=O) groups excluding carboxylic acids is 1. The van der Waals surface area contributed by atoms with Crippen molar-refractivity contribution in [2.75, 3.05) is 12.4 Å². The molecule has 0 saturated carbocycles. The molecule has 1 heterocycles. The fourth-order valence-electron chi connectivity index (χ4n) is 3.52. The van der Waals surface area contributed by atoms with Crippen molar-refractivity contribution in [2.45, 2.75) is 20.0 Å². The van der Waals surface area contributed by atoms with E-state index in [1.807, 2.05) is 74.5 Å². The van der Waals surface area contributed by atoms with Crippen LogP contribution >= 0.6 is 0 Å². The molecule has 0 radical (unpaired) electrons. The lowest BCUT2D eigenvalue weighted by molar-refractivity contribution is 0.0735. The van der Waals surface area contributed by atoms with Gasteiger partial charge in [0.25, 0.3) is 5.91 Å². The van der Waals surface area contributed by atoms with Gasteiger partial charge in [-0.2, -0.15) is 0 Å². The first-order valence-corrected chi connectivity index (χ1v) is 9.51. The SMILES string of the molecule is Cc1ccc(N=Cc2cc(C3Nc4ccccc4C(=O)N3C)cc(C)c2O)cc1. The molecule has 0 spiro atoms. The van der Waals surface area contributed by atoms with Crippen LogP contribution in [0.4, 0.5) is 11.4 Å². The first-order valence-electron chi connectivity index (χ1n) is 9.51. The Hall–Kier alpha value is -3.60. The molecule has 0 aromatic heterocycles. The predicted octanol–water partition coefficient (Wildman–Crippen LogP) is 4.96. The van der Waals surface area contributed by atoms with Gasteiger partial charge in [0.15, 0.2) is 0 Å². The third kappa shape index (κ3) is 3.59. The molecule has 29 heavy (non-hydrogen) atoms. The van der Waals surface area contributed by atoms with Gasteiger partial charge in [0.05, 0.1) is 11.3 Å². The minimum atomic E-state index is -0.330. The number of carbonyl (C=O) groups is 1. The summed E-state index contributed by atoms with van der Waals surface area (Å²) in [6.07, 6.45) is 1.33. The molecule has 0 saturated heterocycles. The van der Waals surface area contributed by atoms with Crippen LogP contribution in [0, 0.1) is 13.8 Å². The Morgan fingerprint density at radius 1 is 1.07 bits per heavy atom. The number of aromatic hydroxyl groups is 1. The quantitative estimate of drug-likeness (QED) is 0.627. The molecule has 0 fully saturated rings. The van der Waals surface area contributed by atoms with Gasteiger partial charge in [-0.05, 0) is 61.4 Å². The van der Waals surface area contributed by atoms with Crippen LogP contribution in [0.15, 0.2) is 65.7 Å². The number of anilines is 1. The van der Waals surface area contributed by atoms with Gasteiger partial charge in [-0.3, -0.25) is 9.79 Å². The molecular weight excluding hydrogens is 362 g/mol. The molecule has 0 aliphatic carbocycles. The number of amides is 1. The molecule has 1 amide bonds. The van der Waals surface area contributed by atoms with E-state index in [9.17, 15) is 9.90 Å². The van der Waals surface area contributed by atoms with E-state index in [2.05, 4.69) is 10.3 Å². The molecular formula is C24H23N3O2. The van der Waals surface area contributed by atoms with Crippen LogP contribution in [-0.2, 0) is 0 Å². The largest absolute Gasteiger partial charge is 0.507 e. The Kier molecular flexibility index (Phi) is 4.80. The van der Waals surface area contributed by atoms with E-state index in [-0.39, 0.29) is 17.8 Å². The van der Waals surface area contributed by atoms with E-state index in [0.29, 0.717) is 11.1 Å². The van der Waals surface area contributed by atoms with Crippen LogP contribution in [0.5, 0.6) is 5.75 Å². The fraction of sp³-hybridized carbons (Fsp3) is 0.167. The van der Waals surface area contributed by atoms with Gasteiger partial charge in [0.1, 0.15) is 11.9 Å². The molecule has 1 aliphatic heterocycles. The molecule has 1 atom stereocenters. The summed E-state index contributed by atoms with van der Waals surface area (Å²) in [5.74, 6) is 0.153. The summed E-state index contributed by atoms with van der Waals surface area (Å²) in [5, 5.41) is 14.0. The number of para-hydroxylation sites is 1. The van der Waals surface area contributed by atoms with Gasteiger partial charge in [0, 0.05) is 24.5 Å². The van der Waals surface area contributed by atoms with Crippen LogP contribution < -0.4 is 5.32 Å². The molecule has 0 bridgehead atoms. The lowest BCUT2D eigenvalue weighted by Gasteiger charge is -2.36. The number of benzene rings is 3. The zero-order chi connectivity index (χ0) is 20.5.